The van der Waals surface area contributed by atoms with Crippen LogP contribution in [0.15, 0.2) is 0 Å². The Bertz CT molecular complexity index is 230. The molecule has 0 amide bonds. The highest BCUT2D eigenvalue weighted by Gasteiger charge is 2.19. The van der Waals surface area contributed by atoms with Crippen LogP contribution < -0.4 is 5.32 Å². The van der Waals surface area contributed by atoms with E-state index in [1.54, 1.807) is 0 Å². The van der Waals surface area contributed by atoms with Gasteiger partial charge in [0, 0.05) is 6.54 Å². The Morgan fingerprint density at radius 1 is 1.53 bits per heavy atom. The summed E-state index contributed by atoms with van der Waals surface area (Å²) in [5, 5.41) is 12.1. The summed E-state index contributed by atoms with van der Waals surface area (Å²) in [6.45, 7) is 7.28. The normalized spacial score (nSPS) is 23.7. The van der Waals surface area contributed by atoms with Gasteiger partial charge in [-0.05, 0) is 59.2 Å². The fourth-order valence-corrected chi connectivity index (χ4v) is 2.14. The van der Waals surface area contributed by atoms with Crippen LogP contribution in [0, 0.1) is 17.2 Å². The summed E-state index contributed by atoms with van der Waals surface area (Å²) in [4.78, 5) is 2.41. The summed E-state index contributed by atoms with van der Waals surface area (Å²) < 4.78 is 0. The molecule has 0 aromatic rings. The van der Waals surface area contributed by atoms with Gasteiger partial charge < -0.3 is 4.90 Å². The van der Waals surface area contributed by atoms with Crippen molar-refractivity contribution in [3.05, 3.63) is 0 Å². The van der Waals surface area contributed by atoms with Gasteiger partial charge in [0.2, 0.25) is 0 Å². The van der Waals surface area contributed by atoms with Gasteiger partial charge in [0.15, 0.2) is 0 Å². The van der Waals surface area contributed by atoms with Gasteiger partial charge in [-0.2, -0.15) is 5.26 Å². The third-order valence-electron chi connectivity index (χ3n) is 3.12. The number of piperidine rings is 1. The van der Waals surface area contributed by atoms with Crippen molar-refractivity contribution in [1.29, 1.82) is 5.26 Å². The van der Waals surface area contributed by atoms with Gasteiger partial charge in [0.1, 0.15) is 5.54 Å². The minimum atomic E-state index is -0.374. The molecule has 3 heteroatoms. The fourth-order valence-electron chi connectivity index (χ4n) is 2.14. The molecule has 0 saturated carbocycles. The summed E-state index contributed by atoms with van der Waals surface area (Å²) >= 11 is 0. The number of nitrogens with one attached hydrogen (secondary N) is 1. The highest BCUT2D eigenvalue weighted by atomic mass is 15.1. The molecule has 1 atom stereocenters. The smallest absolute Gasteiger partial charge is 0.101 e. The standard InChI is InChI=1S/C12H23N3/c1-12(2,10-13)14-7-6-11-5-4-8-15(3)9-11/h11,14H,4-9H2,1-3H3. The Labute approximate surface area is 93.5 Å². The molecule has 1 saturated heterocycles. The van der Waals surface area contributed by atoms with Crippen molar-refractivity contribution in [2.45, 2.75) is 38.6 Å². The maximum atomic E-state index is 8.85. The quantitative estimate of drug-likeness (QED) is 0.764. The molecule has 1 heterocycles. The Morgan fingerprint density at radius 2 is 2.27 bits per heavy atom. The van der Waals surface area contributed by atoms with Crippen molar-refractivity contribution < 1.29 is 0 Å². The average molecular weight is 209 g/mol. The van der Waals surface area contributed by atoms with Gasteiger partial charge in [0.25, 0.3) is 0 Å². The zero-order valence-corrected chi connectivity index (χ0v) is 10.2. The van der Waals surface area contributed by atoms with Crippen LogP contribution in [0.3, 0.4) is 0 Å². The molecule has 86 valence electrons. The van der Waals surface area contributed by atoms with Crippen LogP contribution in [0.5, 0.6) is 0 Å². The van der Waals surface area contributed by atoms with E-state index in [1.807, 2.05) is 13.8 Å². The predicted octanol–water partition coefficient (Wildman–Crippen LogP) is 1.61. The van der Waals surface area contributed by atoms with Crippen molar-refractivity contribution in [2.75, 3.05) is 26.7 Å². The lowest BCUT2D eigenvalue weighted by atomic mass is 9.95. The van der Waals surface area contributed by atoms with Crippen molar-refractivity contribution in [3.63, 3.8) is 0 Å². The molecule has 1 aliphatic rings. The second-order valence-electron chi connectivity index (χ2n) is 5.22. The zero-order chi connectivity index (χ0) is 11.3. The van der Waals surface area contributed by atoms with Gasteiger partial charge in [-0.25, -0.2) is 0 Å². The van der Waals surface area contributed by atoms with E-state index in [-0.39, 0.29) is 5.54 Å². The third kappa shape index (κ3) is 4.63. The molecule has 0 aliphatic carbocycles. The minimum absolute atomic E-state index is 0.374. The maximum absolute atomic E-state index is 8.85. The van der Waals surface area contributed by atoms with Crippen LogP contribution in [0.2, 0.25) is 0 Å². The second-order valence-corrected chi connectivity index (χ2v) is 5.22. The molecular formula is C12H23N3. The highest BCUT2D eigenvalue weighted by molar-refractivity contribution is 4.99. The summed E-state index contributed by atoms with van der Waals surface area (Å²) in [5.74, 6) is 0.811. The lowest BCUT2D eigenvalue weighted by Crippen LogP contribution is -2.40. The van der Waals surface area contributed by atoms with E-state index >= 15 is 0 Å². The molecular weight excluding hydrogens is 186 g/mol. The van der Waals surface area contributed by atoms with E-state index in [9.17, 15) is 0 Å². The summed E-state index contributed by atoms with van der Waals surface area (Å²) in [6.07, 6.45) is 3.86. The SMILES string of the molecule is CN1CCCC(CCNC(C)(C)C#N)C1. The molecule has 3 nitrogen and oxygen atoms in total. The second kappa shape index (κ2) is 5.48. The van der Waals surface area contributed by atoms with Crippen LogP contribution in [0.1, 0.15) is 33.1 Å². The monoisotopic (exact) mass is 209 g/mol. The van der Waals surface area contributed by atoms with Crippen molar-refractivity contribution in [2.24, 2.45) is 5.92 Å². The first-order chi connectivity index (χ1) is 7.03. The molecule has 1 rings (SSSR count). The van der Waals surface area contributed by atoms with E-state index in [0.717, 1.165) is 12.5 Å². The van der Waals surface area contributed by atoms with Gasteiger partial charge in [0.05, 0.1) is 6.07 Å². The highest BCUT2D eigenvalue weighted by Crippen LogP contribution is 2.18. The molecule has 0 bridgehead atoms. The van der Waals surface area contributed by atoms with Crippen LogP contribution in [-0.2, 0) is 0 Å². The summed E-state index contributed by atoms with van der Waals surface area (Å²) in [5.41, 5.74) is -0.374. The summed E-state index contributed by atoms with van der Waals surface area (Å²) in [6, 6.07) is 2.27. The minimum Gasteiger partial charge on any atom is -0.306 e. The van der Waals surface area contributed by atoms with Gasteiger partial charge in [-0.3, -0.25) is 5.32 Å². The Balaban J connectivity index is 2.18. The first-order valence-electron chi connectivity index (χ1n) is 5.88. The average Bonchev–Trinajstić information content (AvgIpc) is 2.18. The van der Waals surface area contributed by atoms with Crippen LogP contribution in [0.4, 0.5) is 0 Å². The molecule has 1 fully saturated rings. The molecule has 1 unspecified atom stereocenters. The number of hydrogen-bond donors (Lipinski definition) is 1. The van der Waals surface area contributed by atoms with Gasteiger partial charge in [-0.15, -0.1) is 0 Å². The van der Waals surface area contributed by atoms with E-state index in [1.165, 1.54) is 32.4 Å². The fraction of sp³-hybridized carbons (Fsp3) is 0.917. The van der Waals surface area contributed by atoms with E-state index in [4.69, 9.17) is 5.26 Å². The maximum Gasteiger partial charge on any atom is 0.101 e. The number of nitriles is 1. The van der Waals surface area contributed by atoms with Crippen molar-refractivity contribution >= 4 is 0 Å². The van der Waals surface area contributed by atoms with E-state index in [0.29, 0.717) is 0 Å². The molecule has 0 aromatic heterocycles. The van der Waals surface area contributed by atoms with Crippen molar-refractivity contribution in [3.8, 4) is 6.07 Å². The Kier molecular flexibility index (Phi) is 4.56. The summed E-state index contributed by atoms with van der Waals surface area (Å²) in [7, 11) is 2.19. The first-order valence-corrected chi connectivity index (χ1v) is 5.88. The van der Waals surface area contributed by atoms with Gasteiger partial charge >= 0.3 is 0 Å². The third-order valence-corrected chi connectivity index (χ3v) is 3.12. The number of likely N-dealkylation sites (tertiary alicyclic amines) is 1. The van der Waals surface area contributed by atoms with E-state index < -0.39 is 0 Å². The zero-order valence-electron chi connectivity index (χ0n) is 10.2. The lowest BCUT2D eigenvalue weighted by Gasteiger charge is -2.30. The first kappa shape index (κ1) is 12.5. The number of rotatable bonds is 4. The molecule has 1 N–H and O–H groups in total. The topological polar surface area (TPSA) is 39.1 Å². The van der Waals surface area contributed by atoms with Crippen LogP contribution in [-0.4, -0.2) is 37.1 Å². The number of hydrogen-bond acceptors (Lipinski definition) is 3. The van der Waals surface area contributed by atoms with Gasteiger partial charge in [-0.1, -0.05) is 0 Å². The lowest BCUT2D eigenvalue weighted by molar-refractivity contribution is 0.199. The Hall–Kier alpha value is -0.590. The largest absolute Gasteiger partial charge is 0.306 e. The van der Waals surface area contributed by atoms with Crippen LogP contribution in [0.25, 0.3) is 0 Å². The van der Waals surface area contributed by atoms with E-state index in [2.05, 4.69) is 23.3 Å². The molecule has 15 heavy (non-hydrogen) atoms. The van der Waals surface area contributed by atoms with Crippen LogP contribution >= 0.6 is 0 Å². The van der Waals surface area contributed by atoms with Crippen molar-refractivity contribution in [1.82, 2.24) is 10.2 Å². The molecule has 0 spiro atoms. The Morgan fingerprint density at radius 3 is 2.87 bits per heavy atom. The molecule has 0 aromatic carbocycles. The molecule has 0 radical (unpaired) electrons. The molecule has 1 aliphatic heterocycles. The number of nitrogens with zero attached hydrogens (tertiary/aromatic N) is 2. The predicted molar refractivity (Wildman–Crippen MR) is 62.5 cm³/mol.